The van der Waals surface area contributed by atoms with Crippen LogP contribution in [-0.2, 0) is 0 Å². The van der Waals surface area contributed by atoms with Gasteiger partial charge >= 0.3 is 0 Å². The average molecular weight is 522 g/mol. The molecule has 6 nitrogen and oxygen atoms in total. The number of ether oxygens (including phenoxy) is 2. The van der Waals surface area contributed by atoms with E-state index in [9.17, 15) is 9.50 Å². The number of anilines is 1. The van der Waals surface area contributed by atoms with E-state index in [1.807, 2.05) is 24.3 Å². The molecular formula is C31H40FN3O3. The van der Waals surface area contributed by atoms with Gasteiger partial charge < -0.3 is 19.5 Å². The number of rotatable bonds is 16. The number of aliphatic hydroxyl groups is 1. The number of halogens is 1. The summed E-state index contributed by atoms with van der Waals surface area (Å²) in [4.78, 5) is 2.24. The second-order valence-electron chi connectivity index (χ2n) is 9.16. The van der Waals surface area contributed by atoms with Gasteiger partial charge in [0.2, 0.25) is 6.29 Å². The van der Waals surface area contributed by atoms with Crippen molar-refractivity contribution >= 4 is 17.1 Å². The van der Waals surface area contributed by atoms with Crippen LogP contribution in [0.2, 0.25) is 0 Å². The second kappa shape index (κ2) is 15.7. The van der Waals surface area contributed by atoms with Gasteiger partial charge in [0.1, 0.15) is 5.75 Å². The van der Waals surface area contributed by atoms with Gasteiger partial charge in [0.15, 0.2) is 11.6 Å². The van der Waals surface area contributed by atoms with Crippen molar-refractivity contribution in [3.05, 3.63) is 78.1 Å². The predicted molar refractivity (Wildman–Crippen MR) is 151 cm³/mol. The monoisotopic (exact) mass is 521 g/mol. The summed E-state index contributed by atoms with van der Waals surface area (Å²) < 4.78 is 25.9. The number of unbranched alkanes of at least 4 members (excludes halogenated alkanes) is 5. The highest BCUT2D eigenvalue weighted by Crippen LogP contribution is 2.29. The Balaban J connectivity index is 1.50. The zero-order valence-electron chi connectivity index (χ0n) is 22.8. The molecule has 7 heteroatoms. The molecule has 0 aliphatic carbocycles. The highest BCUT2D eigenvalue weighted by molar-refractivity contribution is 5.53. The van der Waals surface area contributed by atoms with Gasteiger partial charge in [-0.1, -0.05) is 39.0 Å². The van der Waals surface area contributed by atoms with Crippen molar-refractivity contribution in [2.45, 2.75) is 65.6 Å². The van der Waals surface area contributed by atoms with E-state index in [2.05, 4.69) is 35.9 Å². The van der Waals surface area contributed by atoms with E-state index in [4.69, 9.17) is 9.47 Å². The Hall–Kier alpha value is -3.45. The maximum atomic E-state index is 14.6. The molecule has 0 spiro atoms. The van der Waals surface area contributed by atoms with Gasteiger partial charge in [-0.15, -0.1) is 0 Å². The summed E-state index contributed by atoms with van der Waals surface area (Å²) in [6, 6.07) is 19.0. The van der Waals surface area contributed by atoms with Crippen molar-refractivity contribution in [2.24, 2.45) is 10.2 Å². The van der Waals surface area contributed by atoms with E-state index < -0.39 is 12.1 Å². The highest BCUT2D eigenvalue weighted by Gasteiger charge is 2.13. The van der Waals surface area contributed by atoms with Crippen molar-refractivity contribution in [1.82, 2.24) is 0 Å². The molecular weight excluding hydrogens is 481 g/mol. The summed E-state index contributed by atoms with van der Waals surface area (Å²) in [7, 11) is 0. The molecule has 0 radical (unpaired) electrons. The van der Waals surface area contributed by atoms with E-state index in [1.165, 1.54) is 44.2 Å². The average Bonchev–Trinajstić information content (AvgIpc) is 2.94. The lowest BCUT2D eigenvalue weighted by molar-refractivity contribution is -0.0220. The van der Waals surface area contributed by atoms with Gasteiger partial charge in [-0.2, -0.15) is 10.2 Å². The molecule has 0 saturated heterocycles. The first-order chi connectivity index (χ1) is 18.5. The SMILES string of the molecule is CCCCCCCCOc1ccc(C(O)Oc2ccc(/N=N/c3ccc(N(CC)CC)cc3)cc2F)cc1. The smallest absolute Gasteiger partial charge is 0.224 e. The van der Waals surface area contributed by atoms with E-state index in [0.29, 0.717) is 23.5 Å². The van der Waals surface area contributed by atoms with Crippen LogP contribution in [0.15, 0.2) is 77.0 Å². The predicted octanol–water partition coefficient (Wildman–Crippen LogP) is 8.90. The largest absolute Gasteiger partial charge is 0.494 e. The normalized spacial score (nSPS) is 12.0. The van der Waals surface area contributed by atoms with Gasteiger partial charge in [0, 0.05) is 30.4 Å². The van der Waals surface area contributed by atoms with Gasteiger partial charge in [-0.25, -0.2) is 4.39 Å². The van der Waals surface area contributed by atoms with E-state index in [1.54, 1.807) is 30.3 Å². The molecule has 0 heterocycles. The quantitative estimate of drug-likeness (QED) is 0.116. The van der Waals surface area contributed by atoms with Crippen LogP contribution < -0.4 is 14.4 Å². The number of aliphatic hydroxyl groups excluding tert-OH is 1. The van der Waals surface area contributed by atoms with Crippen molar-refractivity contribution in [2.75, 3.05) is 24.6 Å². The molecule has 1 unspecified atom stereocenters. The third-order valence-electron chi connectivity index (χ3n) is 6.35. The zero-order valence-corrected chi connectivity index (χ0v) is 22.8. The van der Waals surface area contributed by atoms with Crippen LogP contribution >= 0.6 is 0 Å². The standard InChI is InChI=1S/C31H40FN3O3/c1-4-7-8-9-10-11-22-37-28-19-12-24(13-20-28)31(36)38-30-21-16-26(23-29(30)32)34-33-25-14-17-27(18-15-25)35(5-2)6-3/h12-21,23,31,36H,4-11,22H2,1-3H3/b34-33+. The van der Waals surface area contributed by atoms with E-state index in [-0.39, 0.29) is 5.75 Å². The van der Waals surface area contributed by atoms with E-state index >= 15 is 0 Å². The first-order valence-electron chi connectivity index (χ1n) is 13.7. The Morgan fingerprint density at radius 3 is 2.08 bits per heavy atom. The maximum Gasteiger partial charge on any atom is 0.224 e. The summed E-state index contributed by atoms with van der Waals surface area (Å²) >= 11 is 0. The third kappa shape index (κ3) is 9.14. The molecule has 0 aliphatic rings. The summed E-state index contributed by atoms with van der Waals surface area (Å²) in [5.41, 5.74) is 2.66. The summed E-state index contributed by atoms with van der Waals surface area (Å²) in [5.74, 6) is 0.0396. The number of nitrogens with zero attached hydrogens (tertiary/aromatic N) is 3. The Labute approximate surface area is 226 Å². The first-order valence-corrected chi connectivity index (χ1v) is 13.7. The molecule has 0 bridgehead atoms. The molecule has 1 N–H and O–H groups in total. The van der Waals surface area contributed by atoms with Crippen molar-refractivity contribution in [1.29, 1.82) is 0 Å². The van der Waals surface area contributed by atoms with Crippen molar-refractivity contribution in [3.8, 4) is 11.5 Å². The lowest BCUT2D eigenvalue weighted by Gasteiger charge is -2.20. The second-order valence-corrected chi connectivity index (χ2v) is 9.16. The number of hydrogen-bond donors (Lipinski definition) is 1. The summed E-state index contributed by atoms with van der Waals surface area (Å²) in [6.07, 6.45) is 5.94. The Bertz CT molecular complexity index is 1120. The molecule has 0 aliphatic heterocycles. The minimum Gasteiger partial charge on any atom is -0.494 e. The van der Waals surface area contributed by atoms with Gasteiger partial charge in [0.25, 0.3) is 0 Å². The Kier molecular flexibility index (Phi) is 12.0. The first kappa shape index (κ1) is 29.1. The minimum atomic E-state index is -1.31. The molecule has 38 heavy (non-hydrogen) atoms. The molecule has 3 aromatic carbocycles. The molecule has 204 valence electrons. The lowest BCUT2D eigenvalue weighted by atomic mass is 10.1. The summed E-state index contributed by atoms with van der Waals surface area (Å²) in [6.45, 7) is 8.96. The van der Waals surface area contributed by atoms with Gasteiger partial charge in [0.05, 0.1) is 18.0 Å². The van der Waals surface area contributed by atoms with Crippen LogP contribution in [0.4, 0.5) is 21.5 Å². The number of azo groups is 1. The Morgan fingerprint density at radius 1 is 0.789 bits per heavy atom. The minimum absolute atomic E-state index is 0.0663. The number of benzene rings is 3. The van der Waals surface area contributed by atoms with Crippen LogP contribution in [-0.4, -0.2) is 24.8 Å². The fourth-order valence-corrected chi connectivity index (χ4v) is 4.07. The molecule has 0 fully saturated rings. The van der Waals surface area contributed by atoms with E-state index in [0.717, 1.165) is 30.9 Å². The molecule has 0 aromatic heterocycles. The number of hydrogen-bond acceptors (Lipinski definition) is 6. The van der Waals surface area contributed by atoms with Gasteiger partial charge in [-0.3, -0.25) is 0 Å². The highest BCUT2D eigenvalue weighted by atomic mass is 19.1. The topological polar surface area (TPSA) is 66.6 Å². The molecule has 3 rings (SSSR count). The van der Waals surface area contributed by atoms with Gasteiger partial charge in [-0.05, 0) is 80.9 Å². The molecule has 0 saturated carbocycles. The van der Waals surface area contributed by atoms with Crippen LogP contribution in [0.1, 0.15) is 71.1 Å². The van der Waals surface area contributed by atoms with Crippen LogP contribution in [0.25, 0.3) is 0 Å². The Morgan fingerprint density at radius 2 is 1.42 bits per heavy atom. The fourth-order valence-electron chi connectivity index (χ4n) is 4.07. The van der Waals surface area contributed by atoms with Crippen LogP contribution in [0, 0.1) is 5.82 Å². The fraction of sp³-hybridized carbons (Fsp3) is 0.419. The lowest BCUT2D eigenvalue weighted by Crippen LogP contribution is -2.21. The molecule has 1 atom stereocenters. The summed E-state index contributed by atoms with van der Waals surface area (Å²) in [5, 5.41) is 18.8. The third-order valence-corrected chi connectivity index (χ3v) is 6.35. The van der Waals surface area contributed by atoms with Crippen LogP contribution in [0.3, 0.4) is 0 Å². The van der Waals surface area contributed by atoms with Crippen LogP contribution in [0.5, 0.6) is 11.5 Å². The van der Waals surface area contributed by atoms with Crippen molar-refractivity contribution < 1.29 is 19.0 Å². The maximum absolute atomic E-state index is 14.6. The molecule has 0 amide bonds. The zero-order chi connectivity index (χ0) is 27.2. The molecule has 3 aromatic rings. The van der Waals surface area contributed by atoms with Crippen molar-refractivity contribution in [3.63, 3.8) is 0 Å².